The van der Waals surface area contributed by atoms with Gasteiger partial charge in [0.1, 0.15) is 0 Å². The zero-order chi connectivity index (χ0) is 9.38. The van der Waals surface area contributed by atoms with E-state index in [0.29, 0.717) is 6.10 Å². The lowest BCUT2D eigenvalue weighted by Crippen LogP contribution is -2.61. The molecule has 2 unspecified atom stereocenters. The van der Waals surface area contributed by atoms with Crippen LogP contribution in [0.4, 0.5) is 0 Å². The summed E-state index contributed by atoms with van der Waals surface area (Å²) >= 11 is 0. The second kappa shape index (κ2) is 3.80. The van der Waals surface area contributed by atoms with Crippen LogP contribution in [0.15, 0.2) is 0 Å². The van der Waals surface area contributed by atoms with Crippen LogP contribution in [0.5, 0.6) is 0 Å². The van der Waals surface area contributed by atoms with Gasteiger partial charge in [-0.3, -0.25) is 4.90 Å². The lowest BCUT2D eigenvalue weighted by molar-refractivity contribution is -0.0769. The Kier molecular flexibility index (Phi) is 2.48. The highest BCUT2D eigenvalue weighted by molar-refractivity contribution is 4.91. The number of nitrogens with zero attached hydrogens (tertiary/aromatic N) is 1. The minimum atomic E-state index is 0.591. The lowest BCUT2D eigenvalue weighted by atomic mass is 9.87. The van der Waals surface area contributed by atoms with Gasteiger partial charge in [0.2, 0.25) is 0 Å². The standard InChI is InChI=1S/C11H20N2O/c1-2-9-8-13(10-6-12-7-10)4-3-11(9)14-5-1/h9-12H,1-8H2. The number of rotatable bonds is 1. The molecule has 3 saturated heterocycles. The minimum Gasteiger partial charge on any atom is -0.378 e. The molecule has 3 aliphatic heterocycles. The van der Waals surface area contributed by atoms with E-state index >= 15 is 0 Å². The summed E-state index contributed by atoms with van der Waals surface area (Å²) in [6.07, 6.45) is 4.52. The van der Waals surface area contributed by atoms with Crippen LogP contribution in [-0.4, -0.2) is 49.8 Å². The van der Waals surface area contributed by atoms with Gasteiger partial charge in [-0.05, 0) is 25.2 Å². The number of piperidine rings is 1. The zero-order valence-electron chi connectivity index (χ0n) is 8.74. The number of fused-ring (bicyclic) bond motifs is 1. The molecule has 3 fully saturated rings. The predicted molar refractivity (Wildman–Crippen MR) is 55.3 cm³/mol. The maximum atomic E-state index is 5.82. The van der Waals surface area contributed by atoms with Crippen molar-refractivity contribution < 1.29 is 4.74 Å². The van der Waals surface area contributed by atoms with Crippen molar-refractivity contribution >= 4 is 0 Å². The highest BCUT2D eigenvalue weighted by Gasteiger charge is 2.35. The van der Waals surface area contributed by atoms with Crippen LogP contribution in [0.25, 0.3) is 0 Å². The summed E-state index contributed by atoms with van der Waals surface area (Å²) in [4.78, 5) is 2.67. The van der Waals surface area contributed by atoms with Gasteiger partial charge in [-0.1, -0.05) is 0 Å². The second-order valence-corrected chi connectivity index (χ2v) is 4.91. The van der Waals surface area contributed by atoms with Gasteiger partial charge in [0.05, 0.1) is 6.10 Å². The van der Waals surface area contributed by atoms with Gasteiger partial charge < -0.3 is 10.1 Å². The van der Waals surface area contributed by atoms with Gasteiger partial charge in [-0.25, -0.2) is 0 Å². The van der Waals surface area contributed by atoms with Crippen LogP contribution < -0.4 is 5.32 Å². The van der Waals surface area contributed by atoms with E-state index in [9.17, 15) is 0 Å². The summed E-state index contributed by atoms with van der Waals surface area (Å²) in [6.45, 7) is 5.97. The Morgan fingerprint density at radius 1 is 1.21 bits per heavy atom. The molecule has 3 rings (SSSR count). The van der Waals surface area contributed by atoms with Gasteiger partial charge >= 0.3 is 0 Å². The van der Waals surface area contributed by atoms with Crippen molar-refractivity contribution in [3.05, 3.63) is 0 Å². The molecule has 3 heteroatoms. The van der Waals surface area contributed by atoms with E-state index in [4.69, 9.17) is 4.74 Å². The van der Waals surface area contributed by atoms with Gasteiger partial charge in [0.25, 0.3) is 0 Å². The summed E-state index contributed by atoms with van der Waals surface area (Å²) in [6, 6.07) is 0.831. The highest BCUT2D eigenvalue weighted by atomic mass is 16.5. The molecule has 0 amide bonds. The molecule has 3 aliphatic rings. The molecule has 0 bridgehead atoms. The predicted octanol–water partition coefficient (Wildman–Crippen LogP) is 0.459. The van der Waals surface area contributed by atoms with Crippen LogP contribution in [0.1, 0.15) is 19.3 Å². The molecule has 0 aromatic rings. The van der Waals surface area contributed by atoms with Gasteiger partial charge in [-0.2, -0.15) is 0 Å². The minimum absolute atomic E-state index is 0.591. The summed E-state index contributed by atoms with van der Waals surface area (Å²) in [7, 11) is 0. The fourth-order valence-electron chi connectivity index (χ4n) is 2.98. The third-order valence-electron chi connectivity index (χ3n) is 4.02. The van der Waals surface area contributed by atoms with Crippen LogP contribution in [-0.2, 0) is 4.74 Å². The van der Waals surface area contributed by atoms with Crippen molar-refractivity contribution in [2.75, 3.05) is 32.8 Å². The highest BCUT2D eigenvalue weighted by Crippen LogP contribution is 2.29. The Labute approximate surface area is 85.8 Å². The molecular weight excluding hydrogens is 176 g/mol. The van der Waals surface area contributed by atoms with E-state index in [1.807, 2.05) is 0 Å². The largest absolute Gasteiger partial charge is 0.378 e. The second-order valence-electron chi connectivity index (χ2n) is 4.91. The van der Waals surface area contributed by atoms with Crippen LogP contribution in [0, 0.1) is 5.92 Å². The first-order chi connectivity index (χ1) is 6.93. The summed E-state index contributed by atoms with van der Waals surface area (Å²) in [5, 5.41) is 3.36. The summed E-state index contributed by atoms with van der Waals surface area (Å²) in [5.74, 6) is 0.832. The van der Waals surface area contributed by atoms with Crippen LogP contribution >= 0.6 is 0 Å². The average Bonchev–Trinajstić information content (AvgIpc) is 2.15. The third-order valence-corrected chi connectivity index (χ3v) is 4.02. The maximum absolute atomic E-state index is 5.82. The van der Waals surface area contributed by atoms with Crippen molar-refractivity contribution in [1.82, 2.24) is 10.2 Å². The van der Waals surface area contributed by atoms with E-state index < -0.39 is 0 Å². The normalized spacial score (nSPS) is 40.3. The third kappa shape index (κ3) is 1.58. The molecule has 0 aromatic carbocycles. The van der Waals surface area contributed by atoms with Crippen molar-refractivity contribution in [3.8, 4) is 0 Å². The van der Waals surface area contributed by atoms with Gasteiger partial charge in [0, 0.05) is 38.8 Å². The molecular formula is C11H20N2O. The Morgan fingerprint density at radius 2 is 2.14 bits per heavy atom. The number of likely N-dealkylation sites (tertiary alicyclic amines) is 1. The quantitative estimate of drug-likeness (QED) is 0.659. The van der Waals surface area contributed by atoms with E-state index in [-0.39, 0.29) is 0 Å². The fraction of sp³-hybridized carbons (Fsp3) is 1.00. The molecule has 1 N–H and O–H groups in total. The summed E-state index contributed by atoms with van der Waals surface area (Å²) < 4.78 is 5.82. The Balaban J connectivity index is 1.59. The first-order valence-corrected chi connectivity index (χ1v) is 6.00. The first kappa shape index (κ1) is 9.13. The fourth-order valence-corrected chi connectivity index (χ4v) is 2.98. The number of ether oxygens (including phenoxy) is 1. The zero-order valence-corrected chi connectivity index (χ0v) is 8.74. The first-order valence-electron chi connectivity index (χ1n) is 6.00. The van der Waals surface area contributed by atoms with Crippen molar-refractivity contribution in [1.29, 1.82) is 0 Å². The Bertz CT molecular complexity index is 205. The number of nitrogens with one attached hydrogen (secondary N) is 1. The number of hydrogen-bond donors (Lipinski definition) is 1. The smallest absolute Gasteiger partial charge is 0.0627 e. The molecule has 14 heavy (non-hydrogen) atoms. The van der Waals surface area contributed by atoms with Crippen LogP contribution in [0.3, 0.4) is 0 Å². The molecule has 0 spiro atoms. The monoisotopic (exact) mass is 196 g/mol. The number of hydrogen-bond acceptors (Lipinski definition) is 3. The van der Waals surface area contributed by atoms with E-state index in [1.165, 1.54) is 45.4 Å². The average molecular weight is 196 g/mol. The molecule has 0 aliphatic carbocycles. The Morgan fingerprint density at radius 3 is 2.93 bits per heavy atom. The molecule has 3 nitrogen and oxygen atoms in total. The topological polar surface area (TPSA) is 24.5 Å². The molecule has 0 radical (unpaired) electrons. The Hall–Kier alpha value is -0.120. The van der Waals surface area contributed by atoms with Gasteiger partial charge in [0.15, 0.2) is 0 Å². The van der Waals surface area contributed by atoms with Crippen molar-refractivity contribution in [2.45, 2.75) is 31.4 Å². The molecule has 2 atom stereocenters. The summed E-state index contributed by atoms with van der Waals surface area (Å²) in [5.41, 5.74) is 0. The SMILES string of the molecule is C1COC2CCN(C3CNC3)CC2C1. The van der Waals surface area contributed by atoms with Crippen molar-refractivity contribution in [3.63, 3.8) is 0 Å². The molecule has 0 aromatic heterocycles. The molecule has 3 heterocycles. The lowest BCUT2D eigenvalue weighted by Gasteiger charge is -2.46. The maximum Gasteiger partial charge on any atom is 0.0627 e. The van der Waals surface area contributed by atoms with Crippen LogP contribution in [0.2, 0.25) is 0 Å². The van der Waals surface area contributed by atoms with Crippen molar-refractivity contribution in [2.24, 2.45) is 5.92 Å². The molecule has 80 valence electrons. The van der Waals surface area contributed by atoms with Gasteiger partial charge in [-0.15, -0.1) is 0 Å². The van der Waals surface area contributed by atoms with E-state index in [2.05, 4.69) is 10.2 Å². The molecule has 0 saturated carbocycles. The van der Waals surface area contributed by atoms with E-state index in [1.54, 1.807) is 0 Å². The van der Waals surface area contributed by atoms with E-state index in [0.717, 1.165) is 18.6 Å².